The summed E-state index contributed by atoms with van der Waals surface area (Å²) in [6.45, 7) is 4.27. The first kappa shape index (κ1) is 20.2. The molecule has 1 aromatic heterocycles. The third-order valence-electron chi connectivity index (χ3n) is 4.08. The van der Waals surface area contributed by atoms with Crippen molar-refractivity contribution in [2.24, 2.45) is 0 Å². The number of aromatic amines is 1. The maximum absolute atomic E-state index is 12.2. The third kappa shape index (κ3) is 5.05. The molecule has 0 aliphatic carbocycles. The highest BCUT2D eigenvalue weighted by molar-refractivity contribution is 7.99. The zero-order valence-corrected chi connectivity index (χ0v) is 17.4. The van der Waals surface area contributed by atoms with Crippen LogP contribution in [0.15, 0.2) is 47.6 Å². The van der Waals surface area contributed by atoms with E-state index in [0.717, 1.165) is 5.69 Å². The van der Waals surface area contributed by atoms with E-state index in [2.05, 4.69) is 34.3 Å². The maximum Gasteiger partial charge on any atom is 0.234 e. The molecule has 0 fully saturated rings. The highest BCUT2D eigenvalue weighted by atomic mass is 35.5. The number of thioether (sulfide) groups is 1. The second-order valence-electron chi connectivity index (χ2n) is 6.42. The van der Waals surface area contributed by atoms with Gasteiger partial charge in [0, 0.05) is 10.7 Å². The lowest BCUT2D eigenvalue weighted by molar-refractivity contribution is -0.113. The Morgan fingerprint density at radius 3 is 2.68 bits per heavy atom. The van der Waals surface area contributed by atoms with E-state index < -0.39 is 0 Å². The molecule has 2 aromatic carbocycles. The number of aromatic nitrogens is 3. The SMILES string of the molecule is COc1ccc(Cl)cc1-c1nc(SCC(=O)Nc2ccc(C(C)C)cc2)n[nH]1. The molecular weight excluding hydrogens is 396 g/mol. The quantitative estimate of drug-likeness (QED) is 0.530. The monoisotopic (exact) mass is 416 g/mol. The first-order chi connectivity index (χ1) is 13.5. The minimum Gasteiger partial charge on any atom is -0.496 e. The Labute approximate surface area is 173 Å². The molecule has 0 aliphatic rings. The van der Waals surface area contributed by atoms with Crippen LogP contribution in [-0.4, -0.2) is 34.0 Å². The van der Waals surface area contributed by atoms with Crippen molar-refractivity contribution < 1.29 is 9.53 Å². The first-order valence-electron chi connectivity index (χ1n) is 8.75. The molecule has 2 N–H and O–H groups in total. The summed E-state index contributed by atoms with van der Waals surface area (Å²) < 4.78 is 5.33. The predicted molar refractivity (Wildman–Crippen MR) is 113 cm³/mol. The van der Waals surface area contributed by atoms with Crippen molar-refractivity contribution >= 4 is 35.0 Å². The fraction of sp³-hybridized carbons (Fsp3) is 0.250. The van der Waals surface area contributed by atoms with Crippen molar-refractivity contribution in [3.8, 4) is 17.1 Å². The van der Waals surface area contributed by atoms with E-state index in [1.807, 2.05) is 24.3 Å². The number of benzene rings is 2. The Hall–Kier alpha value is -2.51. The highest BCUT2D eigenvalue weighted by Crippen LogP contribution is 2.31. The van der Waals surface area contributed by atoms with Crippen LogP contribution in [0.5, 0.6) is 5.75 Å². The van der Waals surface area contributed by atoms with E-state index in [0.29, 0.717) is 33.2 Å². The molecule has 0 saturated carbocycles. The van der Waals surface area contributed by atoms with Gasteiger partial charge in [0.1, 0.15) is 5.75 Å². The molecule has 0 unspecified atom stereocenters. The van der Waals surface area contributed by atoms with Gasteiger partial charge >= 0.3 is 0 Å². The van der Waals surface area contributed by atoms with Gasteiger partial charge in [-0.2, -0.15) is 0 Å². The number of nitrogens with zero attached hydrogens (tertiary/aromatic N) is 2. The Kier molecular flexibility index (Phi) is 6.59. The van der Waals surface area contributed by atoms with E-state index in [9.17, 15) is 4.79 Å². The minimum atomic E-state index is -0.117. The molecule has 28 heavy (non-hydrogen) atoms. The molecular formula is C20H21ClN4O2S. The van der Waals surface area contributed by atoms with Crippen LogP contribution in [0.2, 0.25) is 5.02 Å². The Morgan fingerprint density at radius 2 is 2.00 bits per heavy atom. The van der Waals surface area contributed by atoms with Crippen LogP contribution in [0.4, 0.5) is 5.69 Å². The highest BCUT2D eigenvalue weighted by Gasteiger charge is 2.13. The summed E-state index contributed by atoms with van der Waals surface area (Å²) in [4.78, 5) is 16.6. The van der Waals surface area contributed by atoms with Gasteiger partial charge in [0.05, 0.1) is 18.4 Å². The van der Waals surface area contributed by atoms with Crippen molar-refractivity contribution in [2.75, 3.05) is 18.2 Å². The Bertz CT molecular complexity index is 957. The van der Waals surface area contributed by atoms with Gasteiger partial charge in [-0.15, -0.1) is 5.10 Å². The number of H-pyrrole nitrogens is 1. The van der Waals surface area contributed by atoms with Crippen molar-refractivity contribution in [3.63, 3.8) is 0 Å². The van der Waals surface area contributed by atoms with Gasteiger partial charge in [-0.3, -0.25) is 9.89 Å². The van der Waals surface area contributed by atoms with E-state index in [4.69, 9.17) is 16.3 Å². The molecule has 3 rings (SSSR count). The standard InChI is InChI=1S/C20H21ClN4O2S/c1-12(2)13-4-7-15(8-5-13)22-18(26)11-28-20-23-19(24-25-20)16-10-14(21)6-9-17(16)27-3/h4-10,12H,11H2,1-3H3,(H,22,26)(H,23,24,25). The lowest BCUT2D eigenvalue weighted by Gasteiger charge is -2.08. The van der Waals surface area contributed by atoms with Crippen LogP contribution >= 0.6 is 23.4 Å². The number of hydrogen-bond acceptors (Lipinski definition) is 5. The number of nitrogens with one attached hydrogen (secondary N) is 2. The first-order valence-corrected chi connectivity index (χ1v) is 10.1. The molecule has 3 aromatic rings. The van der Waals surface area contributed by atoms with Gasteiger partial charge in [0.15, 0.2) is 5.82 Å². The van der Waals surface area contributed by atoms with Gasteiger partial charge in [0.2, 0.25) is 11.1 Å². The van der Waals surface area contributed by atoms with Crippen LogP contribution in [0.25, 0.3) is 11.4 Å². The summed E-state index contributed by atoms with van der Waals surface area (Å²) in [5, 5.41) is 10.9. The molecule has 6 nitrogen and oxygen atoms in total. The van der Waals surface area contributed by atoms with Gasteiger partial charge in [-0.25, -0.2) is 4.98 Å². The summed E-state index contributed by atoms with van der Waals surface area (Å²) in [5.74, 6) is 1.72. The van der Waals surface area contributed by atoms with Crippen LogP contribution in [0.3, 0.4) is 0 Å². The molecule has 0 atom stereocenters. The molecule has 8 heteroatoms. The third-order valence-corrected chi connectivity index (χ3v) is 5.16. The average Bonchev–Trinajstić information content (AvgIpc) is 3.15. The summed E-state index contributed by atoms with van der Waals surface area (Å²) in [5.41, 5.74) is 2.72. The number of carbonyl (C=O) groups is 1. The van der Waals surface area contributed by atoms with Crippen molar-refractivity contribution in [1.82, 2.24) is 15.2 Å². The lowest BCUT2D eigenvalue weighted by Crippen LogP contribution is -2.14. The summed E-state index contributed by atoms with van der Waals surface area (Å²) >= 11 is 7.31. The average molecular weight is 417 g/mol. The van der Waals surface area contributed by atoms with Crippen molar-refractivity contribution in [1.29, 1.82) is 0 Å². The molecule has 0 radical (unpaired) electrons. The molecule has 1 amide bonds. The molecule has 0 saturated heterocycles. The zero-order valence-electron chi connectivity index (χ0n) is 15.8. The van der Waals surface area contributed by atoms with E-state index in [-0.39, 0.29) is 11.7 Å². The Morgan fingerprint density at radius 1 is 1.25 bits per heavy atom. The molecule has 0 bridgehead atoms. The number of hydrogen-bond donors (Lipinski definition) is 2. The zero-order chi connectivity index (χ0) is 20.1. The molecule has 1 heterocycles. The smallest absolute Gasteiger partial charge is 0.234 e. The minimum absolute atomic E-state index is 0.117. The lowest BCUT2D eigenvalue weighted by atomic mass is 10.0. The van der Waals surface area contributed by atoms with Crippen molar-refractivity contribution in [3.05, 3.63) is 53.1 Å². The number of anilines is 1. The number of carbonyl (C=O) groups excluding carboxylic acids is 1. The van der Waals surface area contributed by atoms with Crippen LogP contribution in [0.1, 0.15) is 25.3 Å². The van der Waals surface area contributed by atoms with E-state index >= 15 is 0 Å². The van der Waals surface area contributed by atoms with Crippen LogP contribution in [-0.2, 0) is 4.79 Å². The topological polar surface area (TPSA) is 79.9 Å². The molecule has 0 aliphatic heterocycles. The van der Waals surface area contributed by atoms with Gasteiger partial charge in [-0.1, -0.05) is 49.3 Å². The maximum atomic E-state index is 12.2. The second-order valence-corrected chi connectivity index (χ2v) is 7.80. The van der Waals surface area contributed by atoms with Gasteiger partial charge < -0.3 is 10.1 Å². The van der Waals surface area contributed by atoms with Crippen LogP contribution < -0.4 is 10.1 Å². The largest absolute Gasteiger partial charge is 0.496 e. The summed E-state index contributed by atoms with van der Waals surface area (Å²) in [6, 6.07) is 13.1. The number of rotatable bonds is 7. The Balaban J connectivity index is 1.60. The summed E-state index contributed by atoms with van der Waals surface area (Å²) in [6.07, 6.45) is 0. The number of halogens is 1. The number of ether oxygens (including phenoxy) is 1. The molecule has 146 valence electrons. The van der Waals surface area contributed by atoms with E-state index in [1.54, 1.807) is 25.3 Å². The van der Waals surface area contributed by atoms with Crippen molar-refractivity contribution in [2.45, 2.75) is 24.9 Å². The fourth-order valence-electron chi connectivity index (χ4n) is 2.58. The van der Waals surface area contributed by atoms with E-state index in [1.165, 1.54) is 17.3 Å². The number of amides is 1. The van der Waals surface area contributed by atoms with Gasteiger partial charge in [-0.05, 0) is 41.8 Å². The normalized spacial score (nSPS) is 10.9. The number of methoxy groups -OCH3 is 1. The predicted octanol–water partition coefficient (Wildman–Crippen LogP) is 4.99. The second kappa shape index (κ2) is 9.12. The van der Waals surface area contributed by atoms with Crippen LogP contribution in [0, 0.1) is 0 Å². The fourth-order valence-corrected chi connectivity index (χ4v) is 3.35. The summed E-state index contributed by atoms with van der Waals surface area (Å²) in [7, 11) is 1.58. The van der Waals surface area contributed by atoms with Gasteiger partial charge in [0.25, 0.3) is 0 Å². The molecule has 0 spiro atoms.